The molecular weight excluding hydrogens is 266 g/mol. The van der Waals surface area contributed by atoms with Crippen molar-refractivity contribution in [1.29, 1.82) is 0 Å². The smallest absolute Gasteiger partial charge is 0.279 e. The Morgan fingerprint density at radius 3 is 2.58 bits per heavy atom. The highest BCUT2D eigenvalue weighted by Gasteiger charge is 2.26. The molecular formula is C12H27N3O3S. The van der Waals surface area contributed by atoms with E-state index in [1.165, 1.54) is 4.31 Å². The van der Waals surface area contributed by atoms with E-state index in [0.717, 1.165) is 25.9 Å². The van der Waals surface area contributed by atoms with Crippen molar-refractivity contribution < 1.29 is 13.2 Å². The maximum atomic E-state index is 12.0. The minimum Gasteiger partial charge on any atom is -0.381 e. The molecule has 0 saturated carbocycles. The van der Waals surface area contributed by atoms with E-state index in [1.54, 1.807) is 0 Å². The lowest BCUT2D eigenvalue weighted by atomic mass is 9.99. The molecule has 19 heavy (non-hydrogen) atoms. The summed E-state index contributed by atoms with van der Waals surface area (Å²) in [5.41, 5.74) is 5.60. The number of hydrogen-bond donors (Lipinski definition) is 2. The van der Waals surface area contributed by atoms with E-state index in [4.69, 9.17) is 10.5 Å². The average molecular weight is 293 g/mol. The van der Waals surface area contributed by atoms with Gasteiger partial charge in [0.1, 0.15) is 0 Å². The van der Waals surface area contributed by atoms with E-state index in [-0.39, 0.29) is 0 Å². The third-order valence-electron chi connectivity index (χ3n) is 3.35. The molecule has 0 atom stereocenters. The molecule has 7 heteroatoms. The lowest BCUT2D eigenvalue weighted by molar-refractivity contribution is 0.133. The first-order chi connectivity index (χ1) is 9.10. The second kappa shape index (κ2) is 8.86. The van der Waals surface area contributed by atoms with Gasteiger partial charge in [-0.3, -0.25) is 0 Å². The molecule has 0 aromatic rings. The van der Waals surface area contributed by atoms with E-state index in [0.29, 0.717) is 45.1 Å². The molecule has 0 amide bonds. The quantitative estimate of drug-likeness (QED) is 0.599. The predicted molar refractivity (Wildman–Crippen MR) is 76.0 cm³/mol. The number of nitrogens with two attached hydrogens (primary N) is 1. The molecule has 6 nitrogen and oxygen atoms in total. The summed E-state index contributed by atoms with van der Waals surface area (Å²) in [6, 6.07) is 0. The van der Waals surface area contributed by atoms with Crippen molar-refractivity contribution in [2.24, 2.45) is 11.7 Å². The monoisotopic (exact) mass is 293 g/mol. The van der Waals surface area contributed by atoms with Crippen molar-refractivity contribution >= 4 is 10.2 Å². The maximum Gasteiger partial charge on any atom is 0.279 e. The molecule has 0 bridgehead atoms. The molecule has 1 rings (SSSR count). The van der Waals surface area contributed by atoms with Gasteiger partial charge in [0, 0.05) is 32.8 Å². The summed E-state index contributed by atoms with van der Waals surface area (Å²) in [5.74, 6) is 0.467. The molecule has 1 aliphatic heterocycles. The molecule has 0 spiro atoms. The summed E-state index contributed by atoms with van der Waals surface area (Å²) in [5, 5.41) is 0. The van der Waals surface area contributed by atoms with Crippen LogP contribution in [0.1, 0.15) is 32.6 Å². The fraction of sp³-hybridized carbons (Fsp3) is 1.00. The zero-order valence-electron chi connectivity index (χ0n) is 11.8. The van der Waals surface area contributed by atoms with Gasteiger partial charge in [-0.05, 0) is 38.1 Å². The third-order valence-corrected chi connectivity index (χ3v) is 4.96. The largest absolute Gasteiger partial charge is 0.381 e. The molecule has 3 N–H and O–H groups in total. The SMILES string of the molecule is CCCOCCCNS(=O)(=O)N1CCC(CN)CC1. The topological polar surface area (TPSA) is 84.7 Å². The predicted octanol–water partition coefficient (Wildman–Crippen LogP) is 0.308. The second-order valence-electron chi connectivity index (χ2n) is 4.94. The minimum atomic E-state index is -3.32. The first kappa shape index (κ1) is 16.8. The summed E-state index contributed by atoms with van der Waals surface area (Å²) in [6.45, 7) is 5.62. The van der Waals surface area contributed by atoms with Gasteiger partial charge >= 0.3 is 0 Å². The van der Waals surface area contributed by atoms with E-state index in [2.05, 4.69) is 4.72 Å². The average Bonchev–Trinajstić information content (AvgIpc) is 2.43. The van der Waals surface area contributed by atoms with Gasteiger partial charge in [-0.25, -0.2) is 4.72 Å². The van der Waals surface area contributed by atoms with Crippen LogP contribution in [0, 0.1) is 5.92 Å². The van der Waals surface area contributed by atoms with Gasteiger partial charge in [0.25, 0.3) is 10.2 Å². The number of nitrogens with one attached hydrogen (secondary N) is 1. The highest BCUT2D eigenvalue weighted by Crippen LogP contribution is 2.17. The van der Waals surface area contributed by atoms with Crippen LogP contribution in [0.15, 0.2) is 0 Å². The van der Waals surface area contributed by atoms with E-state index < -0.39 is 10.2 Å². The summed E-state index contributed by atoms with van der Waals surface area (Å²) in [7, 11) is -3.32. The van der Waals surface area contributed by atoms with Crippen molar-refractivity contribution in [2.75, 3.05) is 39.4 Å². The van der Waals surface area contributed by atoms with Crippen molar-refractivity contribution in [2.45, 2.75) is 32.6 Å². The molecule has 1 aliphatic rings. The van der Waals surface area contributed by atoms with Gasteiger partial charge in [-0.1, -0.05) is 6.92 Å². The zero-order valence-corrected chi connectivity index (χ0v) is 12.6. The van der Waals surface area contributed by atoms with Crippen molar-refractivity contribution in [1.82, 2.24) is 9.03 Å². The van der Waals surface area contributed by atoms with Gasteiger partial charge in [0.05, 0.1) is 0 Å². The Hall–Kier alpha value is -0.210. The van der Waals surface area contributed by atoms with Crippen LogP contribution in [0.4, 0.5) is 0 Å². The van der Waals surface area contributed by atoms with Gasteiger partial charge in [0.2, 0.25) is 0 Å². The molecule has 0 radical (unpaired) electrons. The zero-order chi connectivity index (χ0) is 14.1. The Bertz CT molecular complexity index is 327. The van der Waals surface area contributed by atoms with Crippen molar-refractivity contribution in [3.05, 3.63) is 0 Å². The molecule has 0 unspecified atom stereocenters. The molecule has 1 fully saturated rings. The number of nitrogens with zero attached hydrogens (tertiary/aromatic N) is 1. The minimum absolute atomic E-state index is 0.433. The first-order valence-electron chi connectivity index (χ1n) is 7.12. The van der Waals surface area contributed by atoms with Crippen LogP contribution in [0.3, 0.4) is 0 Å². The van der Waals surface area contributed by atoms with Gasteiger partial charge in [-0.2, -0.15) is 12.7 Å². The van der Waals surface area contributed by atoms with Crippen molar-refractivity contribution in [3.63, 3.8) is 0 Å². The standard InChI is InChI=1S/C12H27N3O3S/c1-2-9-18-10-3-6-14-19(16,17)15-7-4-12(11-13)5-8-15/h12,14H,2-11,13H2,1H3. The Morgan fingerprint density at radius 2 is 2.00 bits per heavy atom. The highest BCUT2D eigenvalue weighted by atomic mass is 32.2. The molecule has 0 aliphatic carbocycles. The summed E-state index contributed by atoms with van der Waals surface area (Å²) in [4.78, 5) is 0. The summed E-state index contributed by atoms with van der Waals surface area (Å²) < 4.78 is 33.5. The van der Waals surface area contributed by atoms with Gasteiger partial charge < -0.3 is 10.5 Å². The van der Waals surface area contributed by atoms with Crippen LogP contribution < -0.4 is 10.5 Å². The molecule has 1 saturated heterocycles. The molecule has 0 aromatic carbocycles. The summed E-state index contributed by atoms with van der Waals surface area (Å²) >= 11 is 0. The second-order valence-corrected chi connectivity index (χ2v) is 6.70. The van der Waals surface area contributed by atoms with Crippen LogP contribution in [0.5, 0.6) is 0 Å². The Morgan fingerprint density at radius 1 is 1.32 bits per heavy atom. The lowest BCUT2D eigenvalue weighted by Gasteiger charge is -2.30. The first-order valence-corrected chi connectivity index (χ1v) is 8.56. The lowest BCUT2D eigenvalue weighted by Crippen LogP contribution is -2.46. The number of rotatable bonds is 9. The normalized spacial score (nSPS) is 18.8. The van der Waals surface area contributed by atoms with E-state index >= 15 is 0 Å². The Labute approximate surface area is 116 Å². The van der Waals surface area contributed by atoms with E-state index in [1.807, 2.05) is 6.92 Å². The number of hydrogen-bond acceptors (Lipinski definition) is 4. The Balaban J connectivity index is 2.21. The van der Waals surface area contributed by atoms with E-state index in [9.17, 15) is 8.42 Å². The number of piperidine rings is 1. The number of ether oxygens (including phenoxy) is 1. The van der Waals surface area contributed by atoms with Crippen molar-refractivity contribution in [3.8, 4) is 0 Å². The van der Waals surface area contributed by atoms with Crippen LogP contribution >= 0.6 is 0 Å². The highest BCUT2D eigenvalue weighted by molar-refractivity contribution is 7.87. The Kier molecular flexibility index (Phi) is 7.86. The van der Waals surface area contributed by atoms with Crippen LogP contribution in [-0.2, 0) is 14.9 Å². The summed E-state index contributed by atoms with van der Waals surface area (Å²) in [6.07, 6.45) is 3.41. The molecule has 114 valence electrons. The van der Waals surface area contributed by atoms with Crippen LogP contribution in [0.25, 0.3) is 0 Å². The van der Waals surface area contributed by atoms with Gasteiger partial charge in [0.15, 0.2) is 0 Å². The maximum absolute atomic E-state index is 12.0. The third kappa shape index (κ3) is 6.18. The molecule has 1 heterocycles. The fourth-order valence-electron chi connectivity index (χ4n) is 2.10. The van der Waals surface area contributed by atoms with Gasteiger partial charge in [-0.15, -0.1) is 0 Å². The van der Waals surface area contributed by atoms with Crippen LogP contribution in [0.2, 0.25) is 0 Å². The fourth-order valence-corrected chi connectivity index (χ4v) is 3.37. The molecule has 0 aromatic heterocycles. The van der Waals surface area contributed by atoms with Crippen LogP contribution in [-0.4, -0.2) is 52.1 Å².